The Hall–Kier alpha value is -0.350. The Balaban J connectivity index is 2.47. The molecule has 0 saturated heterocycles. The van der Waals surface area contributed by atoms with E-state index in [0.29, 0.717) is 13.0 Å². The van der Waals surface area contributed by atoms with Crippen molar-refractivity contribution >= 4 is 37.6 Å². The van der Waals surface area contributed by atoms with E-state index >= 15 is 0 Å². The van der Waals surface area contributed by atoms with Crippen LogP contribution in [-0.4, -0.2) is 12.4 Å². The Labute approximate surface area is 106 Å². The van der Waals surface area contributed by atoms with Gasteiger partial charge in [0.1, 0.15) is 11.5 Å². The van der Waals surface area contributed by atoms with E-state index in [0.717, 1.165) is 21.1 Å². The third kappa shape index (κ3) is 4.34. The average Bonchev–Trinajstić information content (AvgIpc) is 2.15. The molecule has 0 bridgehead atoms. The van der Waals surface area contributed by atoms with Gasteiger partial charge in [-0.15, -0.1) is 0 Å². The summed E-state index contributed by atoms with van der Waals surface area (Å²) in [5.41, 5.74) is 0. The van der Waals surface area contributed by atoms with E-state index in [2.05, 4.69) is 31.9 Å². The minimum absolute atomic E-state index is 0.199. The largest absolute Gasteiger partial charge is 0.491 e. The smallest absolute Gasteiger partial charge is 0.147 e. The number of Topliss-reactive ketones (excluding diaryl/α,β-unsaturated/α-hetero) is 1. The number of ketones is 1. The zero-order chi connectivity index (χ0) is 11.3. The van der Waals surface area contributed by atoms with Gasteiger partial charge in [0.05, 0.1) is 15.6 Å². The third-order valence-corrected chi connectivity index (χ3v) is 3.09. The monoisotopic (exact) mass is 334 g/mol. The number of ether oxygens (including phenoxy) is 1. The minimum Gasteiger partial charge on any atom is -0.491 e. The molecule has 0 aromatic heterocycles. The summed E-state index contributed by atoms with van der Waals surface area (Å²) in [5, 5.41) is 0. The van der Waals surface area contributed by atoms with Crippen LogP contribution in [0.15, 0.2) is 27.1 Å². The number of benzene rings is 1. The Kier molecular flexibility index (Phi) is 5.32. The topological polar surface area (TPSA) is 26.3 Å². The van der Waals surface area contributed by atoms with Gasteiger partial charge in [-0.25, -0.2) is 0 Å². The number of rotatable bonds is 5. The van der Waals surface area contributed by atoms with Crippen molar-refractivity contribution in [3.63, 3.8) is 0 Å². The summed E-state index contributed by atoms with van der Waals surface area (Å²) in [5.74, 6) is 0.992. The molecule has 0 saturated carbocycles. The molecule has 0 aliphatic carbocycles. The summed E-state index contributed by atoms with van der Waals surface area (Å²) in [4.78, 5) is 10.7. The standard InChI is InChI=1S/C11H12Br2O2/c1-8(14)4-3-7-15-11-9(12)5-2-6-10(11)13/h2,5-6H,3-4,7H2,1H3. The van der Waals surface area contributed by atoms with Crippen LogP contribution in [0.3, 0.4) is 0 Å². The maximum atomic E-state index is 10.7. The van der Waals surface area contributed by atoms with Gasteiger partial charge in [0.2, 0.25) is 0 Å². The molecular weight excluding hydrogens is 324 g/mol. The molecule has 4 heteroatoms. The molecule has 0 aliphatic heterocycles. The van der Waals surface area contributed by atoms with E-state index in [-0.39, 0.29) is 5.78 Å². The molecule has 0 radical (unpaired) electrons. The summed E-state index contributed by atoms with van der Waals surface area (Å²) >= 11 is 6.81. The molecule has 0 spiro atoms. The van der Waals surface area contributed by atoms with Crippen molar-refractivity contribution in [2.24, 2.45) is 0 Å². The SMILES string of the molecule is CC(=O)CCCOc1c(Br)cccc1Br. The highest BCUT2D eigenvalue weighted by atomic mass is 79.9. The molecule has 0 aliphatic rings. The van der Waals surface area contributed by atoms with Crippen LogP contribution >= 0.6 is 31.9 Å². The molecule has 15 heavy (non-hydrogen) atoms. The fraction of sp³-hybridized carbons (Fsp3) is 0.364. The lowest BCUT2D eigenvalue weighted by Crippen LogP contribution is -2.01. The average molecular weight is 336 g/mol. The lowest BCUT2D eigenvalue weighted by molar-refractivity contribution is -0.117. The van der Waals surface area contributed by atoms with Crippen molar-refractivity contribution in [3.8, 4) is 5.75 Å². The van der Waals surface area contributed by atoms with Crippen molar-refractivity contribution in [3.05, 3.63) is 27.1 Å². The van der Waals surface area contributed by atoms with E-state index in [9.17, 15) is 4.79 Å². The Morgan fingerprint density at radius 1 is 1.33 bits per heavy atom. The van der Waals surface area contributed by atoms with Gasteiger partial charge in [-0.2, -0.15) is 0 Å². The van der Waals surface area contributed by atoms with Crippen molar-refractivity contribution < 1.29 is 9.53 Å². The van der Waals surface area contributed by atoms with E-state index < -0.39 is 0 Å². The first-order valence-corrected chi connectivity index (χ1v) is 6.26. The lowest BCUT2D eigenvalue weighted by atomic mass is 10.2. The van der Waals surface area contributed by atoms with Gasteiger partial charge in [0.25, 0.3) is 0 Å². The fourth-order valence-corrected chi connectivity index (χ4v) is 2.34. The number of halogens is 2. The van der Waals surface area contributed by atoms with Gasteiger partial charge in [0, 0.05) is 6.42 Å². The highest BCUT2D eigenvalue weighted by Gasteiger charge is 2.05. The first-order valence-electron chi connectivity index (χ1n) is 4.67. The molecular formula is C11H12Br2O2. The quantitative estimate of drug-likeness (QED) is 0.761. The predicted molar refractivity (Wildman–Crippen MR) is 67.3 cm³/mol. The minimum atomic E-state index is 0.199. The van der Waals surface area contributed by atoms with Crippen molar-refractivity contribution in [1.29, 1.82) is 0 Å². The van der Waals surface area contributed by atoms with Gasteiger partial charge in [-0.1, -0.05) is 6.07 Å². The van der Waals surface area contributed by atoms with Gasteiger partial charge in [-0.05, 0) is 57.3 Å². The van der Waals surface area contributed by atoms with Gasteiger partial charge in [-0.3, -0.25) is 0 Å². The highest BCUT2D eigenvalue weighted by molar-refractivity contribution is 9.11. The molecule has 82 valence electrons. The second kappa shape index (κ2) is 6.28. The molecule has 0 fully saturated rings. The summed E-state index contributed by atoms with van der Waals surface area (Å²) in [7, 11) is 0. The maximum Gasteiger partial charge on any atom is 0.147 e. The van der Waals surface area contributed by atoms with Crippen LogP contribution in [0.4, 0.5) is 0 Å². The van der Waals surface area contributed by atoms with Crippen LogP contribution in [0, 0.1) is 0 Å². The maximum absolute atomic E-state index is 10.7. The highest BCUT2D eigenvalue weighted by Crippen LogP contribution is 2.32. The van der Waals surface area contributed by atoms with Crippen molar-refractivity contribution in [2.45, 2.75) is 19.8 Å². The van der Waals surface area contributed by atoms with Gasteiger partial charge >= 0.3 is 0 Å². The summed E-state index contributed by atoms with van der Waals surface area (Å²) in [6.45, 7) is 2.15. The molecule has 1 aromatic carbocycles. The first kappa shape index (κ1) is 12.7. The molecule has 2 nitrogen and oxygen atoms in total. The summed E-state index contributed by atoms with van der Waals surface area (Å²) < 4.78 is 7.40. The zero-order valence-electron chi connectivity index (χ0n) is 8.43. The lowest BCUT2D eigenvalue weighted by Gasteiger charge is -2.09. The van der Waals surface area contributed by atoms with Crippen LogP contribution in [0.25, 0.3) is 0 Å². The molecule has 0 atom stereocenters. The number of carbonyl (C=O) groups excluding carboxylic acids is 1. The second-order valence-electron chi connectivity index (χ2n) is 3.20. The van der Waals surface area contributed by atoms with Crippen LogP contribution in [-0.2, 0) is 4.79 Å². The molecule has 0 amide bonds. The molecule has 1 rings (SSSR count). The molecule has 1 aromatic rings. The van der Waals surface area contributed by atoms with Crippen molar-refractivity contribution in [1.82, 2.24) is 0 Å². The van der Waals surface area contributed by atoms with Crippen LogP contribution in [0.1, 0.15) is 19.8 Å². The van der Waals surface area contributed by atoms with E-state index in [4.69, 9.17) is 4.74 Å². The van der Waals surface area contributed by atoms with Crippen LogP contribution in [0.2, 0.25) is 0 Å². The number of hydrogen-bond donors (Lipinski definition) is 0. The second-order valence-corrected chi connectivity index (χ2v) is 4.91. The summed E-state index contributed by atoms with van der Waals surface area (Å²) in [6.07, 6.45) is 1.32. The fourth-order valence-electron chi connectivity index (χ4n) is 1.12. The van der Waals surface area contributed by atoms with E-state index in [1.807, 2.05) is 18.2 Å². The van der Waals surface area contributed by atoms with E-state index in [1.54, 1.807) is 6.92 Å². The Bertz CT molecular complexity index is 330. The van der Waals surface area contributed by atoms with Crippen LogP contribution < -0.4 is 4.74 Å². The zero-order valence-corrected chi connectivity index (χ0v) is 11.6. The molecule has 0 N–H and O–H groups in total. The predicted octanol–water partition coefficient (Wildman–Crippen LogP) is 3.96. The number of hydrogen-bond acceptors (Lipinski definition) is 2. The third-order valence-electron chi connectivity index (χ3n) is 1.84. The first-order chi connectivity index (χ1) is 7.11. The molecule has 0 unspecified atom stereocenters. The van der Waals surface area contributed by atoms with Crippen molar-refractivity contribution in [2.75, 3.05) is 6.61 Å². The number of carbonyl (C=O) groups is 1. The normalized spacial score (nSPS) is 10.1. The Morgan fingerprint density at radius 2 is 1.93 bits per heavy atom. The van der Waals surface area contributed by atoms with E-state index in [1.165, 1.54) is 0 Å². The number of para-hydroxylation sites is 1. The molecule has 0 heterocycles. The van der Waals surface area contributed by atoms with Crippen LogP contribution in [0.5, 0.6) is 5.75 Å². The Morgan fingerprint density at radius 3 is 2.47 bits per heavy atom. The summed E-state index contributed by atoms with van der Waals surface area (Å²) in [6, 6.07) is 5.77. The van der Waals surface area contributed by atoms with Gasteiger partial charge < -0.3 is 9.53 Å². The van der Waals surface area contributed by atoms with Gasteiger partial charge in [0.15, 0.2) is 0 Å².